The lowest BCUT2D eigenvalue weighted by Crippen LogP contribution is -2.30. The Kier molecular flexibility index (Phi) is 65.9. The normalized spacial score (nSPS) is 14.3. The zero-order chi connectivity index (χ0) is 68.4. The Hall–Kier alpha value is -1.94. The Labute approximate surface area is 568 Å². The van der Waals surface area contributed by atoms with E-state index >= 15 is 0 Å². The number of esters is 4. The van der Waals surface area contributed by atoms with Gasteiger partial charge in [0, 0.05) is 25.7 Å². The van der Waals surface area contributed by atoms with E-state index in [1.165, 1.54) is 205 Å². The van der Waals surface area contributed by atoms with E-state index in [0.717, 1.165) is 102 Å². The topological polar surface area (TPSA) is 237 Å². The fourth-order valence-corrected chi connectivity index (χ4v) is 12.9. The molecule has 0 heterocycles. The predicted molar refractivity (Wildman–Crippen MR) is 377 cm³/mol. The lowest BCUT2D eigenvalue weighted by atomic mass is 9.99. The van der Waals surface area contributed by atoms with Crippen LogP contribution in [-0.4, -0.2) is 96.7 Å². The molecule has 0 aliphatic carbocycles. The molecule has 552 valence electrons. The molecule has 0 amide bonds. The van der Waals surface area contributed by atoms with Crippen molar-refractivity contribution in [3.63, 3.8) is 0 Å². The molecule has 0 saturated heterocycles. The van der Waals surface area contributed by atoms with E-state index < -0.39 is 97.5 Å². The molecule has 6 atom stereocenters. The van der Waals surface area contributed by atoms with Gasteiger partial charge in [0.2, 0.25) is 0 Å². The van der Waals surface area contributed by atoms with Crippen LogP contribution in [0, 0.1) is 5.92 Å². The summed E-state index contributed by atoms with van der Waals surface area (Å²) < 4.78 is 68.3. The SMILES string of the molecule is CCCCCCCCCCCCCCCCCCCCC(=O)OC[C@H](COP(=O)(O)OC[C@@H](O)COP(=O)(O)OC[C@@H](COC(=O)CCCCCCCCCC)OC(=O)CCCCCCCCCCC)OC(=O)CCCCCCCCCCCCCCCCC(C)CC. The number of rotatable bonds is 74. The van der Waals surface area contributed by atoms with Crippen molar-refractivity contribution in [1.29, 1.82) is 0 Å². The van der Waals surface area contributed by atoms with Crippen LogP contribution in [0.15, 0.2) is 0 Å². The summed E-state index contributed by atoms with van der Waals surface area (Å²) in [6.07, 6.45) is 55.6. The van der Waals surface area contributed by atoms with Gasteiger partial charge in [-0.05, 0) is 31.6 Å². The molecule has 0 aromatic rings. The highest BCUT2D eigenvalue weighted by Gasteiger charge is 2.30. The van der Waals surface area contributed by atoms with Gasteiger partial charge in [0.1, 0.15) is 19.3 Å². The number of carbonyl (C=O) groups is 4. The van der Waals surface area contributed by atoms with E-state index in [2.05, 4.69) is 34.6 Å². The van der Waals surface area contributed by atoms with Gasteiger partial charge in [-0.25, -0.2) is 9.13 Å². The molecule has 19 heteroatoms. The van der Waals surface area contributed by atoms with Crippen LogP contribution in [0.5, 0.6) is 0 Å². The molecular formula is C74H144O17P2. The molecule has 0 spiro atoms. The first-order valence-corrected chi connectivity index (χ1v) is 41.7. The molecule has 0 aliphatic rings. The number of aliphatic hydroxyl groups excluding tert-OH is 1. The van der Waals surface area contributed by atoms with Crippen molar-refractivity contribution in [2.24, 2.45) is 5.92 Å². The highest BCUT2D eigenvalue weighted by molar-refractivity contribution is 7.47. The molecule has 17 nitrogen and oxygen atoms in total. The average molecular weight is 1370 g/mol. The summed E-state index contributed by atoms with van der Waals surface area (Å²) >= 11 is 0. The molecular weight excluding hydrogens is 1220 g/mol. The van der Waals surface area contributed by atoms with Gasteiger partial charge in [-0.15, -0.1) is 0 Å². The second-order valence-corrected chi connectivity index (χ2v) is 29.8. The molecule has 3 N–H and O–H groups in total. The molecule has 0 saturated carbocycles. The Bertz CT molecular complexity index is 1790. The summed E-state index contributed by atoms with van der Waals surface area (Å²) in [5, 5.41) is 10.6. The van der Waals surface area contributed by atoms with Gasteiger partial charge in [-0.2, -0.15) is 0 Å². The van der Waals surface area contributed by atoms with Crippen LogP contribution in [0.25, 0.3) is 0 Å². The average Bonchev–Trinajstić information content (AvgIpc) is 3.41. The van der Waals surface area contributed by atoms with Gasteiger partial charge >= 0.3 is 39.5 Å². The van der Waals surface area contributed by atoms with E-state index in [1.54, 1.807) is 0 Å². The van der Waals surface area contributed by atoms with Crippen molar-refractivity contribution in [2.75, 3.05) is 39.6 Å². The zero-order valence-electron chi connectivity index (χ0n) is 60.4. The van der Waals surface area contributed by atoms with Crippen LogP contribution >= 0.6 is 15.6 Å². The Morgan fingerprint density at radius 3 is 0.763 bits per heavy atom. The quantitative estimate of drug-likeness (QED) is 0.0222. The number of carbonyl (C=O) groups excluding carboxylic acids is 4. The number of phosphoric ester groups is 2. The van der Waals surface area contributed by atoms with Gasteiger partial charge in [-0.1, -0.05) is 336 Å². The molecule has 93 heavy (non-hydrogen) atoms. The summed E-state index contributed by atoms with van der Waals surface area (Å²) in [4.78, 5) is 72.5. The van der Waals surface area contributed by atoms with E-state index in [4.69, 9.17) is 37.0 Å². The van der Waals surface area contributed by atoms with Crippen LogP contribution in [0.4, 0.5) is 0 Å². The number of ether oxygens (including phenoxy) is 4. The van der Waals surface area contributed by atoms with E-state index in [0.29, 0.717) is 25.7 Å². The third-order valence-electron chi connectivity index (χ3n) is 17.6. The molecule has 0 radical (unpaired) electrons. The largest absolute Gasteiger partial charge is 0.472 e. The standard InChI is InChI=1S/C74H144O17P2/c1-6-10-13-16-19-22-23-24-25-26-27-28-32-35-39-43-48-53-58-72(77)85-64-70(91-74(79)60-55-50-45-40-36-33-30-29-31-34-38-41-46-51-56-67(5)9-4)66-89-93(82,83)87-62-68(75)61-86-92(80,81)88-65-69(63-84-71(76)57-52-47-42-21-18-15-12-8-3)90-73(78)59-54-49-44-37-20-17-14-11-7-2/h67-70,75H,6-66H2,1-5H3,(H,80,81)(H,82,83)/t67?,68-,69+,70+/m0/s1. The maximum atomic E-state index is 13.1. The number of aliphatic hydroxyl groups is 1. The van der Waals surface area contributed by atoms with Gasteiger partial charge in [0.05, 0.1) is 26.4 Å². The second kappa shape index (κ2) is 67.3. The molecule has 0 aromatic heterocycles. The summed E-state index contributed by atoms with van der Waals surface area (Å²) in [6, 6.07) is 0. The maximum Gasteiger partial charge on any atom is 0.472 e. The van der Waals surface area contributed by atoms with Crippen LogP contribution in [0.2, 0.25) is 0 Å². The number of hydrogen-bond donors (Lipinski definition) is 3. The predicted octanol–water partition coefficient (Wildman–Crippen LogP) is 21.7. The van der Waals surface area contributed by atoms with Crippen LogP contribution < -0.4 is 0 Å². The third kappa shape index (κ3) is 67.0. The first-order valence-electron chi connectivity index (χ1n) is 38.7. The number of phosphoric acid groups is 2. The Morgan fingerprint density at radius 2 is 0.516 bits per heavy atom. The van der Waals surface area contributed by atoms with Crippen LogP contribution in [-0.2, 0) is 65.4 Å². The summed E-state index contributed by atoms with van der Waals surface area (Å²) in [5.41, 5.74) is 0. The van der Waals surface area contributed by atoms with Crippen molar-refractivity contribution < 1.29 is 80.2 Å². The molecule has 0 rings (SSSR count). The minimum atomic E-state index is -4.95. The van der Waals surface area contributed by atoms with Crippen molar-refractivity contribution in [1.82, 2.24) is 0 Å². The lowest BCUT2D eigenvalue weighted by Gasteiger charge is -2.21. The van der Waals surface area contributed by atoms with Crippen molar-refractivity contribution in [3.05, 3.63) is 0 Å². The fourth-order valence-electron chi connectivity index (χ4n) is 11.3. The Morgan fingerprint density at radius 1 is 0.301 bits per heavy atom. The van der Waals surface area contributed by atoms with Gasteiger partial charge in [-0.3, -0.25) is 37.3 Å². The molecule has 0 fully saturated rings. The van der Waals surface area contributed by atoms with E-state index in [-0.39, 0.29) is 25.7 Å². The van der Waals surface area contributed by atoms with Crippen LogP contribution in [0.1, 0.15) is 388 Å². The minimum Gasteiger partial charge on any atom is -0.462 e. The van der Waals surface area contributed by atoms with E-state index in [1.807, 2.05) is 0 Å². The van der Waals surface area contributed by atoms with Crippen LogP contribution in [0.3, 0.4) is 0 Å². The lowest BCUT2D eigenvalue weighted by molar-refractivity contribution is -0.161. The third-order valence-corrected chi connectivity index (χ3v) is 19.5. The summed E-state index contributed by atoms with van der Waals surface area (Å²) in [6.45, 7) is 7.29. The van der Waals surface area contributed by atoms with E-state index in [9.17, 15) is 43.2 Å². The highest BCUT2D eigenvalue weighted by Crippen LogP contribution is 2.45. The Balaban J connectivity index is 5.18. The minimum absolute atomic E-state index is 0.106. The second-order valence-electron chi connectivity index (χ2n) is 26.9. The summed E-state index contributed by atoms with van der Waals surface area (Å²) in [5.74, 6) is -1.27. The van der Waals surface area contributed by atoms with Crippen molar-refractivity contribution >= 4 is 39.5 Å². The molecule has 3 unspecified atom stereocenters. The maximum absolute atomic E-state index is 13.1. The first-order chi connectivity index (χ1) is 45.1. The van der Waals surface area contributed by atoms with Gasteiger partial charge in [0.25, 0.3) is 0 Å². The zero-order valence-corrected chi connectivity index (χ0v) is 62.2. The van der Waals surface area contributed by atoms with Crippen molar-refractivity contribution in [3.8, 4) is 0 Å². The molecule has 0 aromatic carbocycles. The molecule has 0 aliphatic heterocycles. The number of unbranched alkanes of at least 4 members (excludes halogenated alkanes) is 45. The number of hydrogen-bond acceptors (Lipinski definition) is 15. The first kappa shape index (κ1) is 91.1. The van der Waals surface area contributed by atoms with Gasteiger partial charge < -0.3 is 33.8 Å². The smallest absolute Gasteiger partial charge is 0.462 e. The monoisotopic (exact) mass is 1370 g/mol. The van der Waals surface area contributed by atoms with Crippen molar-refractivity contribution in [2.45, 2.75) is 406 Å². The highest BCUT2D eigenvalue weighted by atomic mass is 31.2. The van der Waals surface area contributed by atoms with Gasteiger partial charge in [0.15, 0.2) is 12.2 Å². The fraction of sp³-hybridized carbons (Fsp3) is 0.946. The molecule has 0 bridgehead atoms. The summed E-state index contributed by atoms with van der Waals surface area (Å²) in [7, 11) is -9.90.